The Kier molecular flexibility index (Phi) is 4.06. The number of methoxy groups -OCH3 is 1. The third-order valence-electron chi connectivity index (χ3n) is 3.76. The van der Waals surface area contributed by atoms with Crippen molar-refractivity contribution in [2.45, 2.75) is 26.4 Å². The van der Waals surface area contributed by atoms with Crippen molar-refractivity contribution in [1.82, 2.24) is 19.9 Å². The second kappa shape index (κ2) is 6.15. The van der Waals surface area contributed by atoms with Crippen LogP contribution in [-0.4, -0.2) is 21.7 Å². The highest BCUT2D eigenvalue weighted by Gasteiger charge is 2.13. The van der Waals surface area contributed by atoms with Gasteiger partial charge in [-0.1, -0.05) is 23.8 Å². The minimum Gasteiger partial charge on any atom is -0.496 e. The maximum absolute atomic E-state index is 5.42. The Balaban J connectivity index is 1.78. The molecule has 1 N–H and O–H groups in total. The van der Waals surface area contributed by atoms with Gasteiger partial charge in [-0.3, -0.25) is 4.40 Å². The Morgan fingerprint density at radius 1 is 1.23 bits per heavy atom. The van der Waals surface area contributed by atoms with Crippen molar-refractivity contribution in [3.63, 3.8) is 0 Å². The summed E-state index contributed by atoms with van der Waals surface area (Å²) in [5.41, 5.74) is 3.22. The first-order chi connectivity index (χ1) is 10.7. The first-order valence-corrected chi connectivity index (χ1v) is 7.35. The number of ether oxygens (including phenoxy) is 1. The van der Waals surface area contributed by atoms with Gasteiger partial charge in [0.25, 0.3) is 0 Å². The Labute approximate surface area is 130 Å². The molecule has 5 heteroatoms. The molecule has 22 heavy (non-hydrogen) atoms. The van der Waals surface area contributed by atoms with Gasteiger partial charge in [0.05, 0.1) is 13.2 Å². The van der Waals surface area contributed by atoms with Gasteiger partial charge in [-0.25, -0.2) is 0 Å². The quantitative estimate of drug-likeness (QED) is 0.786. The Morgan fingerprint density at radius 2 is 2.09 bits per heavy atom. The third kappa shape index (κ3) is 2.80. The molecule has 0 fully saturated rings. The Morgan fingerprint density at radius 3 is 2.91 bits per heavy atom. The molecule has 3 aromatic rings. The van der Waals surface area contributed by atoms with Crippen molar-refractivity contribution in [1.29, 1.82) is 0 Å². The number of fused-ring (bicyclic) bond motifs is 1. The molecule has 1 aromatic carbocycles. The maximum atomic E-state index is 5.42. The monoisotopic (exact) mass is 296 g/mol. The topological polar surface area (TPSA) is 51.5 Å². The Hall–Kier alpha value is -2.40. The molecule has 0 spiro atoms. The molecule has 1 unspecified atom stereocenters. The summed E-state index contributed by atoms with van der Waals surface area (Å²) in [6.45, 7) is 4.89. The van der Waals surface area contributed by atoms with Crippen molar-refractivity contribution >= 4 is 5.65 Å². The number of aryl methyl sites for hydroxylation is 1. The second-order valence-electron chi connectivity index (χ2n) is 5.40. The summed E-state index contributed by atoms with van der Waals surface area (Å²) in [5.74, 6) is 1.80. The highest BCUT2D eigenvalue weighted by atomic mass is 16.5. The van der Waals surface area contributed by atoms with Gasteiger partial charge in [0.15, 0.2) is 11.5 Å². The molecule has 3 rings (SSSR count). The van der Waals surface area contributed by atoms with Gasteiger partial charge in [0.1, 0.15) is 5.75 Å². The highest BCUT2D eigenvalue weighted by Crippen LogP contribution is 2.21. The number of aromatic nitrogens is 3. The molecule has 0 saturated heterocycles. The van der Waals surface area contributed by atoms with E-state index in [1.54, 1.807) is 7.11 Å². The van der Waals surface area contributed by atoms with Gasteiger partial charge in [-0.15, -0.1) is 10.2 Å². The van der Waals surface area contributed by atoms with Crippen LogP contribution in [0.2, 0.25) is 0 Å². The summed E-state index contributed by atoms with van der Waals surface area (Å²) < 4.78 is 7.43. The van der Waals surface area contributed by atoms with E-state index in [9.17, 15) is 0 Å². The van der Waals surface area contributed by atoms with Crippen LogP contribution in [0.15, 0.2) is 42.6 Å². The molecule has 0 bridgehead atoms. The zero-order valence-corrected chi connectivity index (χ0v) is 13.1. The summed E-state index contributed by atoms with van der Waals surface area (Å²) >= 11 is 0. The summed E-state index contributed by atoms with van der Waals surface area (Å²) in [4.78, 5) is 0. The van der Waals surface area contributed by atoms with Crippen LogP contribution in [0.5, 0.6) is 5.75 Å². The number of rotatable bonds is 5. The van der Waals surface area contributed by atoms with E-state index >= 15 is 0 Å². The molecule has 0 aliphatic rings. The third-order valence-corrected chi connectivity index (χ3v) is 3.76. The predicted molar refractivity (Wildman–Crippen MR) is 86.0 cm³/mol. The van der Waals surface area contributed by atoms with Gasteiger partial charge in [-0.05, 0) is 32.0 Å². The number of nitrogens with zero attached hydrogens (tertiary/aromatic N) is 3. The Bertz CT molecular complexity index is 781. The SMILES string of the molecule is COc1ccc(C)cc1CNC(C)c1nnc2ccccn12. The fourth-order valence-corrected chi connectivity index (χ4v) is 2.56. The van der Waals surface area contributed by atoms with Crippen LogP contribution in [0.25, 0.3) is 5.65 Å². The fraction of sp³-hybridized carbons (Fsp3) is 0.294. The van der Waals surface area contributed by atoms with E-state index in [1.807, 2.05) is 34.9 Å². The zero-order valence-electron chi connectivity index (χ0n) is 13.1. The molecule has 1 atom stereocenters. The van der Waals surface area contributed by atoms with Crippen LogP contribution in [0.3, 0.4) is 0 Å². The van der Waals surface area contributed by atoms with Gasteiger partial charge < -0.3 is 10.1 Å². The second-order valence-corrected chi connectivity index (χ2v) is 5.40. The largest absolute Gasteiger partial charge is 0.496 e. The summed E-state index contributed by atoms with van der Waals surface area (Å²) in [6, 6.07) is 12.2. The van der Waals surface area contributed by atoms with E-state index in [-0.39, 0.29) is 6.04 Å². The average Bonchev–Trinajstić information content (AvgIpc) is 2.97. The number of hydrogen-bond donors (Lipinski definition) is 1. The number of benzene rings is 1. The lowest BCUT2D eigenvalue weighted by Gasteiger charge is -2.15. The van der Waals surface area contributed by atoms with Gasteiger partial charge in [0.2, 0.25) is 0 Å². The minimum atomic E-state index is 0.0858. The van der Waals surface area contributed by atoms with Crippen molar-refractivity contribution in [2.75, 3.05) is 7.11 Å². The lowest BCUT2D eigenvalue weighted by atomic mass is 10.1. The van der Waals surface area contributed by atoms with Crippen LogP contribution in [0.4, 0.5) is 0 Å². The van der Waals surface area contributed by atoms with E-state index in [4.69, 9.17) is 4.74 Å². The van der Waals surface area contributed by atoms with E-state index in [0.717, 1.165) is 22.8 Å². The van der Waals surface area contributed by atoms with Crippen LogP contribution >= 0.6 is 0 Å². The molecule has 0 amide bonds. The standard InChI is InChI=1S/C17H20N4O/c1-12-7-8-15(22-3)14(10-12)11-18-13(2)17-20-19-16-6-4-5-9-21(16)17/h4-10,13,18H,11H2,1-3H3. The van der Waals surface area contributed by atoms with E-state index in [2.05, 4.69) is 41.5 Å². The van der Waals surface area contributed by atoms with Gasteiger partial charge >= 0.3 is 0 Å². The summed E-state index contributed by atoms with van der Waals surface area (Å²) in [7, 11) is 1.70. The molecular formula is C17H20N4O. The van der Waals surface area contributed by atoms with Crippen LogP contribution in [-0.2, 0) is 6.54 Å². The molecule has 2 aromatic heterocycles. The van der Waals surface area contributed by atoms with Crippen molar-refractivity contribution in [2.24, 2.45) is 0 Å². The van der Waals surface area contributed by atoms with Crippen molar-refractivity contribution < 1.29 is 4.74 Å². The summed E-state index contributed by atoms with van der Waals surface area (Å²) in [5, 5.41) is 12.0. The zero-order chi connectivity index (χ0) is 15.5. The lowest BCUT2D eigenvalue weighted by Crippen LogP contribution is -2.20. The minimum absolute atomic E-state index is 0.0858. The van der Waals surface area contributed by atoms with Crippen molar-refractivity contribution in [3.05, 3.63) is 59.5 Å². The van der Waals surface area contributed by atoms with Gasteiger partial charge in [0, 0.05) is 18.3 Å². The number of nitrogens with one attached hydrogen (secondary N) is 1. The molecular weight excluding hydrogens is 276 g/mol. The van der Waals surface area contributed by atoms with E-state index < -0.39 is 0 Å². The first kappa shape index (κ1) is 14.5. The van der Waals surface area contributed by atoms with Gasteiger partial charge in [-0.2, -0.15) is 0 Å². The van der Waals surface area contributed by atoms with E-state index in [0.29, 0.717) is 6.54 Å². The molecule has 0 aliphatic heterocycles. The maximum Gasteiger partial charge on any atom is 0.160 e. The highest BCUT2D eigenvalue weighted by molar-refractivity contribution is 5.38. The lowest BCUT2D eigenvalue weighted by molar-refractivity contribution is 0.405. The fourth-order valence-electron chi connectivity index (χ4n) is 2.56. The van der Waals surface area contributed by atoms with E-state index in [1.165, 1.54) is 5.56 Å². The molecule has 0 saturated carbocycles. The average molecular weight is 296 g/mol. The smallest absolute Gasteiger partial charge is 0.160 e. The number of hydrogen-bond acceptors (Lipinski definition) is 4. The first-order valence-electron chi connectivity index (χ1n) is 7.35. The molecule has 114 valence electrons. The summed E-state index contributed by atoms with van der Waals surface area (Å²) in [6.07, 6.45) is 1.98. The van der Waals surface area contributed by atoms with Crippen LogP contribution in [0.1, 0.15) is 29.9 Å². The predicted octanol–water partition coefficient (Wildman–Crippen LogP) is 2.90. The molecule has 2 heterocycles. The normalized spacial score (nSPS) is 12.5. The molecule has 0 aliphatic carbocycles. The number of pyridine rings is 1. The van der Waals surface area contributed by atoms with Crippen molar-refractivity contribution in [3.8, 4) is 5.75 Å². The molecule has 0 radical (unpaired) electrons. The van der Waals surface area contributed by atoms with Crippen LogP contribution < -0.4 is 10.1 Å². The molecule has 5 nitrogen and oxygen atoms in total. The van der Waals surface area contributed by atoms with Crippen LogP contribution in [0, 0.1) is 6.92 Å².